The van der Waals surface area contributed by atoms with Crippen molar-refractivity contribution in [3.63, 3.8) is 0 Å². The van der Waals surface area contributed by atoms with Gasteiger partial charge in [-0.3, -0.25) is 4.90 Å². The monoisotopic (exact) mass is 418 g/mol. The molecule has 1 aromatic carbocycles. The third-order valence-electron chi connectivity index (χ3n) is 3.57. The molecule has 7 heteroatoms. The highest BCUT2D eigenvalue weighted by atomic mass is 79.9. The molecule has 1 atom stereocenters. The Bertz CT molecular complexity index is 442. The summed E-state index contributed by atoms with van der Waals surface area (Å²) in [5.41, 5.74) is 0.933. The molecule has 2 N–H and O–H groups in total. The first kappa shape index (κ1) is 21.3. The number of nitrogens with zero attached hydrogens (tertiary/aromatic N) is 1. The Labute approximate surface area is 152 Å². The van der Waals surface area contributed by atoms with Crippen molar-refractivity contribution in [3.05, 3.63) is 27.2 Å². The van der Waals surface area contributed by atoms with E-state index >= 15 is 0 Å². The molecule has 0 radical (unpaired) electrons. The lowest BCUT2D eigenvalue weighted by atomic mass is 9.99. The molecule has 0 saturated carbocycles. The Morgan fingerprint density at radius 1 is 1.33 bits per heavy atom. The van der Waals surface area contributed by atoms with Crippen LogP contribution in [0.3, 0.4) is 0 Å². The molecule has 2 rings (SSSR count). The van der Waals surface area contributed by atoms with E-state index in [0.29, 0.717) is 15.2 Å². The summed E-state index contributed by atoms with van der Waals surface area (Å²) in [5, 5.41) is 14.3. The minimum absolute atomic E-state index is 0. The van der Waals surface area contributed by atoms with Crippen LogP contribution in [0.15, 0.2) is 16.6 Å². The minimum atomic E-state index is 0. The van der Waals surface area contributed by atoms with Crippen LogP contribution < -0.4 is 5.32 Å². The first-order valence-corrected chi connectivity index (χ1v) is 7.93. The van der Waals surface area contributed by atoms with Crippen LogP contribution in [0.5, 0.6) is 5.75 Å². The van der Waals surface area contributed by atoms with Crippen molar-refractivity contribution in [2.45, 2.75) is 25.8 Å². The summed E-state index contributed by atoms with van der Waals surface area (Å²) >= 11 is 9.51. The number of hydrogen-bond donors (Lipinski definition) is 2. The molecule has 3 nitrogen and oxygen atoms in total. The summed E-state index contributed by atoms with van der Waals surface area (Å²) < 4.78 is 0.672. The third-order valence-corrected chi connectivity index (χ3v) is 4.39. The highest BCUT2D eigenvalue weighted by molar-refractivity contribution is 9.10. The summed E-state index contributed by atoms with van der Waals surface area (Å²) in [4.78, 5) is 2.43. The smallest absolute Gasteiger partial charge is 0.134 e. The van der Waals surface area contributed by atoms with Crippen molar-refractivity contribution >= 4 is 52.3 Å². The van der Waals surface area contributed by atoms with Crippen molar-refractivity contribution in [1.82, 2.24) is 10.2 Å². The molecule has 0 aliphatic carbocycles. The standard InChI is InChI=1S/C14H20BrClN2O.2ClH/c1-2-3-13(18-6-4-17-5-7-18)11-8-10(16)9-12(15)14(11)19;;/h8-9,13,17,19H,2-7H2,1H3;2*1H/t13-;;/m0../s1. The van der Waals surface area contributed by atoms with Gasteiger partial charge in [0.15, 0.2) is 0 Å². The molecule has 1 aromatic rings. The normalized spacial score (nSPS) is 16.7. The highest BCUT2D eigenvalue weighted by Gasteiger charge is 2.25. The molecular formula is C14H22BrCl3N2O. The van der Waals surface area contributed by atoms with Gasteiger partial charge in [0.05, 0.1) is 4.47 Å². The second-order valence-corrected chi connectivity index (χ2v) is 6.21. The van der Waals surface area contributed by atoms with Crippen LogP contribution in [-0.4, -0.2) is 36.2 Å². The number of nitrogens with one attached hydrogen (secondary N) is 1. The second-order valence-electron chi connectivity index (χ2n) is 4.92. The molecule has 0 aromatic heterocycles. The maximum Gasteiger partial charge on any atom is 0.134 e. The van der Waals surface area contributed by atoms with Gasteiger partial charge < -0.3 is 10.4 Å². The van der Waals surface area contributed by atoms with Crippen LogP contribution >= 0.6 is 52.3 Å². The van der Waals surface area contributed by atoms with E-state index in [9.17, 15) is 5.11 Å². The van der Waals surface area contributed by atoms with Crippen LogP contribution in [0.25, 0.3) is 0 Å². The number of phenols is 1. The number of halogens is 4. The van der Waals surface area contributed by atoms with Gasteiger partial charge >= 0.3 is 0 Å². The highest BCUT2D eigenvalue weighted by Crippen LogP contribution is 2.39. The predicted molar refractivity (Wildman–Crippen MR) is 97.4 cm³/mol. The lowest BCUT2D eigenvalue weighted by Crippen LogP contribution is -2.45. The Balaban J connectivity index is 0.00000200. The molecule has 21 heavy (non-hydrogen) atoms. The first-order valence-electron chi connectivity index (χ1n) is 6.76. The van der Waals surface area contributed by atoms with E-state index in [1.807, 2.05) is 6.07 Å². The molecular weight excluding hydrogens is 398 g/mol. The summed E-state index contributed by atoms with van der Waals surface area (Å²) in [5.74, 6) is 0.321. The van der Waals surface area contributed by atoms with E-state index in [1.165, 1.54) is 0 Å². The van der Waals surface area contributed by atoms with Crippen molar-refractivity contribution in [3.8, 4) is 5.75 Å². The van der Waals surface area contributed by atoms with Gasteiger partial charge in [0.1, 0.15) is 5.75 Å². The van der Waals surface area contributed by atoms with Crippen LogP contribution in [0.4, 0.5) is 0 Å². The van der Waals surface area contributed by atoms with Gasteiger partial charge in [-0.2, -0.15) is 0 Å². The van der Waals surface area contributed by atoms with Gasteiger partial charge in [-0.1, -0.05) is 24.9 Å². The van der Waals surface area contributed by atoms with Crippen LogP contribution in [-0.2, 0) is 0 Å². The molecule has 1 aliphatic heterocycles. The average Bonchev–Trinajstić information content (AvgIpc) is 2.41. The van der Waals surface area contributed by atoms with E-state index in [0.717, 1.165) is 44.6 Å². The van der Waals surface area contributed by atoms with Crippen molar-refractivity contribution in [1.29, 1.82) is 0 Å². The van der Waals surface area contributed by atoms with E-state index in [-0.39, 0.29) is 30.9 Å². The number of hydrogen-bond acceptors (Lipinski definition) is 3. The van der Waals surface area contributed by atoms with Gasteiger partial charge in [0, 0.05) is 42.8 Å². The zero-order valence-electron chi connectivity index (χ0n) is 11.9. The Morgan fingerprint density at radius 3 is 2.52 bits per heavy atom. The van der Waals surface area contributed by atoms with E-state index in [4.69, 9.17) is 11.6 Å². The van der Waals surface area contributed by atoms with Crippen molar-refractivity contribution in [2.75, 3.05) is 26.2 Å². The fraction of sp³-hybridized carbons (Fsp3) is 0.571. The van der Waals surface area contributed by atoms with Crippen molar-refractivity contribution in [2.24, 2.45) is 0 Å². The third kappa shape index (κ3) is 5.45. The minimum Gasteiger partial charge on any atom is -0.506 e. The lowest BCUT2D eigenvalue weighted by Gasteiger charge is -2.35. The second kappa shape index (κ2) is 10.1. The zero-order valence-corrected chi connectivity index (χ0v) is 15.9. The summed E-state index contributed by atoms with van der Waals surface area (Å²) in [7, 11) is 0. The molecule has 122 valence electrons. The van der Waals surface area contributed by atoms with Gasteiger partial charge in [-0.05, 0) is 34.5 Å². The lowest BCUT2D eigenvalue weighted by molar-refractivity contribution is 0.162. The molecule has 0 unspecified atom stereocenters. The molecule has 0 bridgehead atoms. The Hall–Kier alpha value is 0.290. The van der Waals surface area contributed by atoms with E-state index < -0.39 is 0 Å². The zero-order chi connectivity index (χ0) is 13.8. The number of rotatable bonds is 4. The van der Waals surface area contributed by atoms with Crippen molar-refractivity contribution < 1.29 is 5.11 Å². The predicted octanol–water partition coefficient (Wildman–Crippen LogP) is 4.40. The number of benzene rings is 1. The average molecular weight is 421 g/mol. The van der Waals surface area contributed by atoms with Gasteiger partial charge in [-0.25, -0.2) is 0 Å². The first-order chi connectivity index (χ1) is 9.13. The molecule has 1 heterocycles. The molecule has 1 fully saturated rings. The number of aromatic hydroxyl groups is 1. The van der Waals surface area contributed by atoms with E-state index in [2.05, 4.69) is 33.1 Å². The molecule has 1 saturated heterocycles. The molecule has 0 spiro atoms. The summed E-state index contributed by atoms with van der Waals surface area (Å²) in [6.07, 6.45) is 2.11. The van der Waals surface area contributed by atoms with Gasteiger partial charge in [0.25, 0.3) is 0 Å². The van der Waals surface area contributed by atoms with Gasteiger partial charge in [-0.15, -0.1) is 24.8 Å². The molecule has 1 aliphatic rings. The maximum absolute atomic E-state index is 10.3. The summed E-state index contributed by atoms with van der Waals surface area (Å²) in [6, 6.07) is 3.87. The van der Waals surface area contributed by atoms with Gasteiger partial charge in [0.2, 0.25) is 0 Å². The largest absolute Gasteiger partial charge is 0.506 e. The summed E-state index contributed by atoms with van der Waals surface area (Å²) in [6.45, 7) is 6.19. The quantitative estimate of drug-likeness (QED) is 0.758. The topological polar surface area (TPSA) is 35.5 Å². The van der Waals surface area contributed by atoms with Crippen LogP contribution in [0.1, 0.15) is 31.4 Å². The number of phenolic OH excluding ortho intramolecular Hbond substituents is 1. The molecule has 0 amide bonds. The maximum atomic E-state index is 10.3. The Morgan fingerprint density at radius 2 is 1.95 bits per heavy atom. The SMILES string of the molecule is CCC[C@@H](c1cc(Cl)cc(Br)c1O)N1CCNCC1.Cl.Cl. The van der Waals surface area contributed by atoms with E-state index in [1.54, 1.807) is 6.07 Å². The fourth-order valence-corrected chi connectivity index (χ4v) is 3.48. The van der Waals surface area contributed by atoms with Crippen LogP contribution in [0.2, 0.25) is 5.02 Å². The van der Waals surface area contributed by atoms with Crippen LogP contribution in [0, 0.1) is 0 Å². The Kier molecular flexibility index (Phi) is 10.3. The fourth-order valence-electron chi connectivity index (χ4n) is 2.64. The number of piperazine rings is 1.